The van der Waals surface area contributed by atoms with Crippen molar-refractivity contribution in [3.63, 3.8) is 0 Å². The molecule has 0 saturated heterocycles. The zero-order valence-corrected chi connectivity index (χ0v) is 16.9. The molecule has 0 radical (unpaired) electrons. The highest BCUT2D eigenvalue weighted by atomic mass is 19.4. The number of hydrogen-bond donors (Lipinski definition) is 4. The minimum Gasteiger partial charge on any atom is -0.394 e. The van der Waals surface area contributed by atoms with Crippen LogP contribution in [0.3, 0.4) is 0 Å². The van der Waals surface area contributed by atoms with Gasteiger partial charge in [-0.15, -0.1) is 0 Å². The molecule has 7 nitrogen and oxygen atoms in total. The second kappa shape index (κ2) is 9.70. The van der Waals surface area contributed by atoms with Crippen molar-refractivity contribution in [2.24, 2.45) is 0 Å². The first kappa shape index (κ1) is 22.4. The molecule has 0 bridgehead atoms. The Bertz CT molecular complexity index is 1230. The molecule has 4 N–H and O–H groups in total. The molecule has 164 valence electrons. The number of urea groups is 1. The van der Waals surface area contributed by atoms with Crippen LogP contribution in [-0.4, -0.2) is 40.9 Å². The molecule has 0 aliphatic carbocycles. The third-order valence-corrected chi connectivity index (χ3v) is 4.14. The molecule has 2 heterocycles. The Morgan fingerprint density at radius 1 is 1.28 bits per heavy atom. The largest absolute Gasteiger partial charge is 0.405 e. The third kappa shape index (κ3) is 6.12. The van der Waals surface area contributed by atoms with Gasteiger partial charge >= 0.3 is 12.2 Å². The van der Waals surface area contributed by atoms with E-state index in [1.54, 1.807) is 73.4 Å². The number of hydrogen-bond acceptors (Lipinski definition) is 4. The van der Waals surface area contributed by atoms with Crippen LogP contribution in [0.25, 0.3) is 16.9 Å². The van der Waals surface area contributed by atoms with Gasteiger partial charge in [-0.05, 0) is 42.5 Å². The second-order valence-electron chi connectivity index (χ2n) is 6.58. The number of amides is 2. The van der Waals surface area contributed by atoms with E-state index >= 15 is 0 Å². The van der Waals surface area contributed by atoms with Gasteiger partial charge in [-0.25, -0.2) is 9.78 Å². The van der Waals surface area contributed by atoms with E-state index in [4.69, 9.17) is 5.41 Å². The van der Waals surface area contributed by atoms with Crippen LogP contribution >= 0.6 is 0 Å². The van der Waals surface area contributed by atoms with Crippen molar-refractivity contribution in [2.45, 2.75) is 6.18 Å². The highest BCUT2D eigenvalue weighted by molar-refractivity contribution is 6.06. The maximum Gasteiger partial charge on any atom is 0.405 e. The summed E-state index contributed by atoms with van der Waals surface area (Å²) >= 11 is 0. The van der Waals surface area contributed by atoms with Gasteiger partial charge in [-0.2, -0.15) is 13.2 Å². The number of fused-ring (bicyclic) bond motifs is 1. The highest BCUT2D eigenvalue weighted by Gasteiger charge is 2.27. The normalized spacial score (nSPS) is 11.1. The van der Waals surface area contributed by atoms with Gasteiger partial charge in [-0.1, -0.05) is 18.1 Å². The third-order valence-electron chi connectivity index (χ3n) is 4.14. The fourth-order valence-electron chi connectivity index (χ4n) is 2.73. The summed E-state index contributed by atoms with van der Waals surface area (Å²) < 4.78 is 38.5. The fraction of sp³-hybridized carbons (Fsp3) is 0.136. The summed E-state index contributed by atoms with van der Waals surface area (Å²) in [6.07, 6.45) is 2.11. The number of anilines is 1. The summed E-state index contributed by atoms with van der Waals surface area (Å²) in [6.45, 7) is -1.41. The minimum absolute atomic E-state index is 0.159. The van der Waals surface area contributed by atoms with Gasteiger partial charge in [0.25, 0.3) is 0 Å². The van der Waals surface area contributed by atoms with Crippen LogP contribution in [0, 0.1) is 17.3 Å². The molecule has 0 spiro atoms. The molecular weight excluding hydrogens is 421 g/mol. The van der Waals surface area contributed by atoms with E-state index in [2.05, 4.69) is 27.5 Å². The van der Waals surface area contributed by atoms with Crippen LogP contribution in [0.1, 0.15) is 5.56 Å². The molecule has 3 aromatic rings. The van der Waals surface area contributed by atoms with Gasteiger partial charge in [0, 0.05) is 30.1 Å². The first-order valence-electron chi connectivity index (χ1n) is 9.39. The Hall–Kier alpha value is -4.26. The standard InChI is InChI=1S/C22H19F3N6O/c1-27-9-7-17(26)6-5-15-8-10-31-19(13-28-20(31)11-15)16-3-2-4-18(12-16)30-21(32)29-14-22(23,24)25/h2-4,7-13,26-27H,14H2,1H3,(H2,29,30,32)/b9-7-,26-17?. The van der Waals surface area contributed by atoms with E-state index in [0.717, 1.165) is 5.69 Å². The number of aromatic nitrogens is 2. The predicted octanol–water partition coefficient (Wildman–Crippen LogP) is 3.79. The Labute approximate surface area is 181 Å². The lowest BCUT2D eigenvalue weighted by Gasteiger charge is -2.10. The van der Waals surface area contributed by atoms with Crippen molar-refractivity contribution >= 4 is 23.1 Å². The van der Waals surface area contributed by atoms with Crippen LogP contribution in [0.2, 0.25) is 0 Å². The van der Waals surface area contributed by atoms with Crippen LogP contribution in [0.15, 0.2) is 61.1 Å². The number of nitrogens with one attached hydrogen (secondary N) is 4. The summed E-state index contributed by atoms with van der Waals surface area (Å²) in [6, 6.07) is 9.30. The average Bonchev–Trinajstić information content (AvgIpc) is 3.18. The average molecular weight is 440 g/mol. The predicted molar refractivity (Wildman–Crippen MR) is 117 cm³/mol. The monoisotopic (exact) mass is 440 g/mol. The lowest BCUT2D eigenvalue weighted by Crippen LogP contribution is -2.36. The van der Waals surface area contributed by atoms with Gasteiger partial charge in [0.1, 0.15) is 17.9 Å². The number of alkyl halides is 3. The molecular formula is C22H19F3N6O. The van der Waals surface area contributed by atoms with Crippen LogP contribution in [0.5, 0.6) is 0 Å². The summed E-state index contributed by atoms with van der Waals surface area (Å²) in [5, 5.41) is 14.7. The quantitative estimate of drug-likeness (QED) is 0.359. The Balaban J connectivity index is 1.78. The summed E-state index contributed by atoms with van der Waals surface area (Å²) in [5.41, 5.74) is 3.26. The van der Waals surface area contributed by atoms with E-state index in [0.29, 0.717) is 22.5 Å². The van der Waals surface area contributed by atoms with Gasteiger partial charge in [-0.3, -0.25) is 9.81 Å². The zero-order chi connectivity index (χ0) is 23.1. The van der Waals surface area contributed by atoms with Crippen LogP contribution in [-0.2, 0) is 0 Å². The van der Waals surface area contributed by atoms with E-state index < -0.39 is 18.8 Å². The van der Waals surface area contributed by atoms with Gasteiger partial charge in [0.2, 0.25) is 0 Å². The van der Waals surface area contributed by atoms with Gasteiger partial charge in [0.15, 0.2) is 0 Å². The summed E-state index contributed by atoms with van der Waals surface area (Å²) in [7, 11) is 1.73. The molecule has 32 heavy (non-hydrogen) atoms. The maximum atomic E-state index is 12.2. The molecule has 10 heteroatoms. The number of benzene rings is 1. The second-order valence-corrected chi connectivity index (χ2v) is 6.58. The number of nitrogens with zero attached hydrogens (tertiary/aromatic N) is 2. The van der Waals surface area contributed by atoms with E-state index in [1.165, 1.54) is 0 Å². The fourth-order valence-corrected chi connectivity index (χ4v) is 2.73. The lowest BCUT2D eigenvalue weighted by molar-refractivity contribution is -0.122. The Morgan fingerprint density at radius 2 is 2.09 bits per heavy atom. The first-order valence-corrected chi connectivity index (χ1v) is 9.39. The SMILES string of the molecule is CN/C=C\C(=N)C#Cc1ccn2c(-c3cccc(NC(=O)NCC(F)(F)F)c3)cnc2c1. The van der Waals surface area contributed by atoms with Gasteiger partial charge in [0.05, 0.1) is 11.9 Å². The van der Waals surface area contributed by atoms with Crippen molar-refractivity contribution in [1.82, 2.24) is 20.0 Å². The van der Waals surface area contributed by atoms with Crippen molar-refractivity contribution in [3.8, 4) is 23.1 Å². The first-order chi connectivity index (χ1) is 15.2. The Morgan fingerprint density at radius 3 is 2.84 bits per heavy atom. The summed E-state index contributed by atoms with van der Waals surface area (Å²) in [4.78, 5) is 16.1. The number of allylic oxidation sites excluding steroid dienone is 1. The molecule has 0 unspecified atom stereocenters. The van der Waals surface area contributed by atoms with Crippen molar-refractivity contribution in [3.05, 3.63) is 66.6 Å². The smallest absolute Gasteiger partial charge is 0.394 e. The maximum absolute atomic E-state index is 12.2. The number of carbonyl (C=O) groups is 1. The lowest BCUT2D eigenvalue weighted by atomic mass is 10.1. The topological polar surface area (TPSA) is 94.3 Å². The molecule has 1 aromatic carbocycles. The Kier molecular flexibility index (Phi) is 6.80. The van der Waals surface area contributed by atoms with Crippen molar-refractivity contribution in [2.75, 3.05) is 18.9 Å². The van der Waals surface area contributed by atoms with Crippen LogP contribution < -0.4 is 16.0 Å². The molecule has 2 amide bonds. The molecule has 2 aromatic heterocycles. The van der Waals surface area contributed by atoms with Crippen molar-refractivity contribution in [1.29, 1.82) is 5.41 Å². The highest BCUT2D eigenvalue weighted by Crippen LogP contribution is 2.24. The van der Waals surface area contributed by atoms with E-state index in [9.17, 15) is 18.0 Å². The zero-order valence-electron chi connectivity index (χ0n) is 16.9. The van der Waals surface area contributed by atoms with Gasteiger partial charge < -0.3 is 16.0 Å². The minimum atomic E-state index is -4.48. The molecule has 0 aliphatic heterocycles. The molecule has 3 rings (SSSR count). The number of pyridine rings is 1. The molecule has 0 atom stereocenters. The van der Waals surface area contributed by atoms with Crippen LogP contribution in [0.4, 0.5) is 23.7 Å². The number of rotatable bonds is 5. The number of halogens is 3. The van der Waals surface area contributed by atoms with E-state index in [-0.39, 0.29) is 5.71 Å². The molecule has 0 saturated carbocycles. The molecule has 0 fully saturated rings. The van der Waals surface area contributed by atoms with Crippen molar-refractivity contribution < 1.29 is 18.0 Å². The number of imidazole rings is 1. The number of carbonyl (C=O) groups excluding carboxylic acids is 1. The summed E-state index contributed by atoms with van der Waals surface area (Å²) in [5.74, 6) is 5.64. The van der Waals surface area contributed by atoms with E-state index in [1.807, 2.05) is 4.40 Å². The molecule has 0 aliphatic rings.